The number of benzene rings is 2. The molecule has 0 saturated carbocycles. The summed E-state index contributed by atoms with van der Waals surface area (Å²) in [5.74, 6) is -0.252. The Kier molecular flexibility index (Phi) is 4.58. The van der Waals surface area contributed by atoms with Crippen molar-refractivity contribution in [1.29, 1.82) is 0 Å². The van der Waals surface area contributed by atoms with Gasteiger partial charge in [-0.2, -0.15) is 0 Å². The Morgan fingerprint density at radius 2 is 1.93 bits per heavy atom. The molecule has 0 N–H and O–H groups in total. The number of carbonyl (C=O) groups excluding carboxylic acids is 1. The van der Waals surface area contributed by atoms with E-state index in [9.17, 15) is 9.59 Å². The molecule has 4 rings (SSSR count). The maximum Gasteiger partial charge on any atom is 0.264 e. The first kappa shape index (κ1) is 17.6. The first-order chi connectivity index (χ1) is 13.0. The summed E-state index contributed by atoms with van der Waals surface area (Å²) in [6.45, 7) is 2.37. The lowest BCUT2D eigenvalue weighted by atomic mass is 10.1. The molecule has 0 radical (unpaired) electrons. The molecule has 27 heavy (non-hydrogen) atoms. The number of nitrogens with zero attached hydrogens (tertiary/aromatic N) is 2. The number of para-hydroxylation sites is 1. The standard InChI is InChI=1S/C22H19ClN2O2/c1-15-12-17-7-2-3-10-20(17)25(15)22(27)19-9-5-11-24(21(19)26)14-16-6-4-8-18(23)13-16/h2-11,13,15H,12,14H2,1H3/t15-/m1/s1. The fourth-order valence-electron chi connectivity index (χ4n) is 3.66. The number of carbonyl (C=O) groups is 1. The van der Waals surface area contributed by atoms with E-state index >= 15 is 0 Å². The zero-order valence-electron chi connectivity index (χ0n) is 14.9. The molecule has 2 heterocycles. The number of anilines is 1. The Balaban J connectivity index is 1.69. The maximum atomic E-state index is 13.2. The van der Waals surface area contributed by atoms with Crippen LogP contribution in [-0.2, 0) is 13.0 Å². The molecule has 3 aromatic rings. The summed E-state index contributed by atoms with van der Waals surface area (Å²) in [5.41, 5.74) is 2.82. The predicted octanol–water partition coefficient (Wildman–Crippen LogP) is 4.14. The fraction of sp³-hybridized carbons (Fsp3) is 0.182. The Bertz CT molecular complexity index is 1070. The van der Waals surface area contributed by atoms with E-state index in [0.717, 1.165) is 23.2 Å². The smallest absolute Gasteiger partial charge is 0.264 e. The van der Waals surface area contributed by atoms with Gasteiger partial charge in [-0.05, 0) is 54.8 Å². The number of rotatable bonds is 3. The average molecular weight is 379 g/mol. The van der Waals surface area contributed by atoms with Gasteiger partial charge in [0, 0.05) is 22.9 Å². The van der Waals surface area contributed by atoms with Crippen LogP contribution in [0.4, 0.5) is 5.69 Å². The summed E-state index contributed by atoms with van der Waals surface area (Å²) in [6.07, 6.45) is 2.49. The van der Waals surface area contributed by atoms with Crippen molar-refractivity contribution in [2.45, 2.75) is 25.9 Å². The topological polar surface area (TPSA) is 42.3 Å². The Morgan fingerprint density at radius 1 is 1.11 bits per heavy atom. The molecule has 1 aliphatic rings. The summed E-state index contributed by atoms with van der Waals surface area (Å²) < 4.78 is 1.55. The number of hydrogen-bond acceptors (Lipinski definition) is 2. The molecule has 1 aliphatic heterocycles. The normalized spacial score (nSPS) is 15.6. The lowest BCUT2D eigenvalue weighted by molar-refractivity contribution is 0.0979. The lowest BCUT2D eigenvalue weighted by Crippen LogP contribution is -2.39. The summed E-state index contributed by atoms with van der Waals surface area (Å²) >= 11 is 6.03. The second kappa shape index (κ2) is 7.05. The molecule has 1 amide bonds. The van der Waals surface area contributed by atoms with Crippen LogP contribution in [0, 0.1) is 0 Å². The fourth-order valence-corrected chi connectivity index (χ4v) is 3.87. The number of pyridine rings is 1. The number of hydrogen-bond donors (Lipinski definition) is 0. The number of amides is 1. The van der Waals surface area contributed by atoms with E-state index in [2.05, 4.69) is 0 Å². The van der Waals surface area contributed by atoms with Crippen LogP contribution in [0.5, 0.6) is 0 Å². The minimum absolute atomic E-state index is 0.0240. The molecule has 4 nitrogen and oxygen atoms in total. The Morgan fingerprint density at radius 3 is 2.74 bits per heavy atom. The van der Waals surface area contributed by atoms with Gasteiger partial charge >= 0.3 is 0 Å². The predicted molar refractivity (Wildman–Crippen MR) is 108 cm³/mol. The van der Waals surface area contributed by atoms with Gasteiger partial charge in [0.05, 0.1) is 6.54 Å². The van der Waals surface area contributed by atoms with E-state index in [-0.39, 0.29) is 23.1 Å². The number of aromatic nitrogens is 1. The lowest BCUT2D eigenvalue weighted by Gasteiger charge is -2.22. The zero-order chi connectivity index (χ0) is 19.0. The van der Waals surface area contributed by atoms with E-state index in [1.807, 2.05) is 49.4 Å². The van der Waals surface area contributed by atoms with Crippen molar-refractivity contribution in [2.75, 3.05) is 4.90 Å². The van der Waals surface area contributed by atoms with Gasteiger partial charge in [0.15, 0.2) is 0 Å². The molecule has 0 aliphatic carbocycles. The van der Waals surface area contributed by atoms with Crippen molar-refractivity contribution in [3.05, 3.63) is 98.9 Å². The highest BCUT2D eigenvalue weighted by Crippen LogP contribution is 2.32. The van der Waals surface area contributed by atoms with Crippen LogP contribution in [-0.4, -0.2) is 16.5 Å². The molecule has 0 bridgehead atoms. The second-order valence-corrected chi connectivity index (χ2v) is 7.28. The van der Waals surface area contributed by atoms with Gasteiger partial charge in [0.25, 0.3) is 11.5 Å². The maximum absolute atomic E-state index is 13.2. The zero-order valence-corrected chi connectivity index (χ0v) is 15.7. The summed E-state index contributed by atoms with van der Waals surface area (Å²) in [7, 11) is 0. The molecule has 136 valence electrons. The molecule has 0 saturated heterocycles. The quantitative estimate of drug-likeness (QED) is 0.687. The molecule has 1 aromatic heterocycles. The van der Waals surface area contributed by atoms with Crippen LogP contribution >= 0.6 is 11.6 Å². The Labute approximate surface area is 162 Å². The Hall–Kier alpha value is -2.85. The monoisotopic (exact) mass is 378 g/mol. The third kappa shape index (κ3) is 3.28. The van der Waals surface area contributed by atoms with Gasteiger partial charge in [0.1, 0.15) is 5.56 Å². The molecule has 5 heteroatoms. The molecule has 0 fully saturated rings. The molecule has 0 unspecified atom stereocenters. The minimum atomic E-state index is -0.293. The van der Waals surface area contributed by atoms with E-state index in [1.54, 1.807) is 33.9 Å². The van der Waals surface area contributed by atoms with E-state index in [1.165, 1.54) is 0 Å². The van der Waals surface area contributed by atoms with Crippen molar-refractivity contribution in [2.24, 2.45) is 0 Å². The van der Waals surface area contributed by atoms with Gasteiger partial charge in [0.2, 0.25) is 0 Å². The summed E-state index contributed by atoms with van der Waals surface area (Å²) in [6, 6.07) is 18.6. The second-order valence-electron chi connectivity index (χ2n) is 6.84. The van der Waals surface area contributed by atoms with E-state index in [0.29, 0.717) is 11.6 Å². The largest absolute Gasteiger partial charge is 0.310 e. The van der Waals surface area contributed by atoms with Crippen molar-refractivity contribution < 1.29 is 4.79 Å². The van der Waals surface area contributed by atoms with Crippen molar-refractivity contribution in [1.82, 2.24) is 4.57 Å². The molecule has 1 atom stereocenters. The van der Waals surface area contributed by atoms with Crippen LogP contribution in [0.2, 0.25) is 5.02 Å². The minimum Gasteiger partial charge on any atom is -0.310 e. The van der Waals surface area contributed by atoms with Gasteiger partial charge in [-0.1, -0.05) is 41.9 Å². The first-order valence-electron chi connectivity index (χ1n) is 8.90. The SMILES string of the molecule is C[C@@H]1Cc2ccccc2N1C(=O)c1cccn(Cc2cccc(Cl)c2)c1=O. The highest BCUT2D eigenvalue weighted by molar-refractivity contribution is 6.30. The number of halogens is 1. The van der Waals surface area contributed by atoms with Crippen LogP contribution in [0.3, 0.4) is 0 Å². The highest BCUT2D eigenvalue weighted by Gasteiger charge is 2.32. The molecule has 0 spiro atoms. The number of fused-ring (bicyclic) bond motifs is 1. The van der Waals surface area contributed by atoms with Gasteiger partial charge in [-0.25, -0.2) is 0 Å². The van der Waals surface area contributed by atoms with Crippen molar-refractivity contribution in [3.8, 4) is 0 Å². The van der Waals surface area contributed by atoms with Gasteiger partial charge in [-0.15, -0.1) is 0 Å². The first-order valence-corrected chi connectivity index (χ1v) is 9.28. The molecular weight excluding hydrogens is 360 g/mol. The van der Waals surface area contributed by atoms with Crippen LogP contribution in [0.1, 0.15) is 28.4 Å². The third-order valence-electron chi connectivity index (χ3n) is 4.92. The van der Waals surface area contributed by atoms with Gasteiger partial charge in [-0.3, -0.25) is 9.59 Å². The van der Waals surface area contributed by atoms with Crippen LogP contribution in [0.15, 0.2) is 71.7 Å². The third-order valence-corrected chi connectivity index (χ3v) is 5.15. The average Bonchev–Trinajstić information content (AvgIpc) is 2.99. The summed E-state index contributed by atoms with van der Waals surface area (Å²) in [4.78, 5) is 27.9. The van der Waals surface area contributed by atoms with Crippen LogP contribution in [0.25, 0.3) is 0 Å². The van der Waals surface area contributed by atoms with Crippen LogP contribution < -0.4 is 10.5 Å². The van der Waals surface area contributed by atoms with E-state index < -0.39 is 0 Å². The highest BCUT2D eigenvalue weighted by atomic mass is 35.5. The van der Waals surface area contributed by atoms with E-state index in [4.69, 9.17) is 11.6 Å². The molecule has 2 aromatic carbocycles. The summed E-state index contributed by atoms with van der Waals surface area (Å²) in [5, 5.41) is 0.621. The molecular formula is C22H19ClN2O2. The van der Waals surface area contributed by atoms with Gasteiger partial charge < -0.3 is 9.47 Å². The van der Waals surface area contributed by atoms with Crippen molar-refractivity contribution >= 4 is 23.2 Å². The van der Waals surface area contributed by atoms with Crippen molar-refractivity contribution in [3.63, 3.8) is 0 Å².